The van der Waals surface area contributed by atoms with Gasteiger partial charge in [-0.05, 0) is 36.2 Å². The second kappa shape index (κ2) is 8.81. The highest BCUT2D eigenvalue weighted by molar-refractivity contribution is 6.21. The summed E-state index contributed by atoms with van der Waals surface area (Å²) in [6.07, 6.45) is -5.50. The molecule has 4 nitrogen and oxygen atoms in total. The molecule has 4 rings (SSSR count). The van der Waals surface area contributed by atoms with Crippen LogP contribution in [0.3, 0.4) is 0 Å². The summed E-state index contributed by atoms with van der Waals surface area (Å²) in [5.41, 5.74) is 0.0635. The minimum Gasteiger partial charge on any atom is -0.370 e. The lowest BCUT2D eigenvalue weighted by Crippen LogP contribution is -2.37. The van der Waals surface area contributed by atoms with E-state index in [9.17, 15) is 35.9 Å². The average molecular weight is 482 g/mol. The van der Waals surface area contributed by atoms with Crippen LogP contribution in [0, 0.1) is 23.4 Å². The van der Waals surface area contributed by atoms with Crippen LogP contribution in [0.4, 0.5) is 26.3 Å². The first-order valence-electron chi connectivity index (χ1n) is 10.5. The fourth-order valence-corrected chi connectivity index (χ4v) is 4.24. The van der Waals surface area contributed by atoms with E-state index in [1.807, 2.05) is 0 Å². The van der Waals surface area contributed by atoms with Crippen molar-refractivity contribution in [3.05, 3.63) is 76.2 Å². The molecule has 1 aliphatic carbocycles. The van der Waals surface area contributed by atoms with E-state index < -0.39 is 54.5 Å². The Morgan fingerprint density at radius 2 is 1.85 bits per heavy atom. The summed E-state index contributed by atoms with van der Waals surface area (Å²) in [4.78, 5) is 26.5. The molecule has 0 aromatic heterocycles. The molecule has 34 heavy (non-hydrogen) atoms. The van der Waals surface area contributed by atoms with E-state index in [0.29, 0.717) is 11.6 Å². The molecule has 0 bridgehead atoms. The number of benzene rings is 2. The summed E-state index contributed by atoms with van der Waals surface area (Å²) in [6.45, 7) is 0.599. The number of Topliss-reactive ketones (excluding diaryl/α,β-unsaturated/α-hetero) is 1. The first-order chi connectivity index (χ1) is 15.9. The molecule has 0 spiro atoms. The zero-order valence-corrected chi connectivity index (χ0v) is 18.0. The third kappa shape index (κ3) is 4.95. The van der Waals surface area contributed by atoms with Crippen molar-refractivity contribution in [3.8, 4) is 0 Å². The molecule has 0 radical (unpaired) electrons. The lowest BCUT2D eigenvalue weighted by Gasteiger charge is -2.34. The number of nitrogens with one attached hydrogen (secondary N) is 1. The van der Waals surface area contributed by atoms with Crippen LogP contribution in [0.2, 0.25) is 0 Å². The van der Waals surface area contributed by atoms with Gasteiger partial charge in [0.15, 0.2) is 0 Å². The highest BCUT2D eigenvalue weighted by atomic mass is 19.4. The monoisotopic (exact) mass is 482 g/mol. The molecule has 1 amide bonds. The maximum absolute atomic E-state index is 14.6. The summed E-state index contributed by atoms with van der Waals surface area (Å²) >= 11 is 0. The van der Waals surface area contributed by atoms with Crippen LogP contribution in [-0.4, -0.2) is 29.3 Å². The molecule has 0 saturated heterocycles. The zero-order chi connectivity index (χ0) is 24.8. The van der Waals surface area contributed by atoms with E-state index in [1.54, 1.807) is 0 Å². The van der Waals surface area contributed by atoms with Gasteiger partial charge in [-0.25, -0.2) is 13.2 Å². The Morgan fingerprint density at radius 3 is 2.47 bits per heavy atom. The molecule has 2 aromatic rings. The molecule has 1 aliphatic heterocycles. The lowest BCUT2D eigenvalue weighted by molar-refractivity contribution is -0.137. The summed E-state index contributed by atoms with van der Waals surface area (Å²) in [7, 11) is 0. The van der Waals surface area contributed by atoms with Crippen LogP contribution in [0.15, 0.2) is 42.1 Å². The van der Waals surface area contributed by atoms with Crippen molar-refractivity contribution in [3.63, 3.8) is 0 Å². The number of rotatable bonds is 6. The number of ketones is 1. The molecule has 10 heteroatoms. The predicted molar refractivity (Wildman–Crippen MR) is 110 cm³/mol. The quantitative estimate of drug-likeness (QED) is 0.587. The minimum atomic E-state index is -4.47. The van der Waals surface area contributed by atoms with E-state index in [2.05, 4.69) is 5.32 Å². The molecular weight excluding hydrogens is 462 g/mol. The maximum Gasteiger partial charge on any atom is 0.390 e. The van der Waals surface area contributed by atoms with Gasteiger partial charge in [-0.2, -0.15) is 13.2 Å². The first kappa shape index (κ1) is 23.8. The van der Waals surface area contributed by atoms with Gasteiger partial charge in [0.25, 0.3) is 5.91 Å². The van der Waals surface area contributed by atoms with Crippen LogP contribution in [0.1, 0.15) is 42.5 Å². The van der Waals surface area contributed by atoms with Crippen molar-refractivity contribution in [1.82, 2.24) is 10.2 Å². The summed E-state index contributed by atoms with van der Waals surface area (Å²) in [6, 6.07) is 5.98. The Bertz CT molecular complexity index is 1190. The molecule has 1 saturated carbocycles. The van der Waals surface area contributed by atoms with Crippen molar-refractivity contribution in [1.29, 1.82) is 0 Å². The number of nitrogens with zero attached hydrogens (tertiary/aromatic N) is 1. The van der Waals surface area contributed by atoms with Crippen molar-refractivity contribution >= 4 is 17.3 Å². The Labute approximate surface area is 191 Å². The van der Waals surface area contributed by atoms with Crippen molar-refractivity contribution in [2.75, 3.05) is 6.54 Å². The zero-order valence-electron chi connectivity index (χ0n) is 18.0. The Morgan fingerprint density at radius 1 is 1.15 bits per heavy atom. The van der Waals surface area contributed by atoms with E-state index in [0.717, 1.165) is 6.07 Å². The number of hydrogen-bond donors (Lipinski definition) is 1. The van der Waals surface area contributed by atoms with Crippen molar-refractivity contribution in [2.24, 2.45) is 5.92 Å². The molecule has 2 aliphatic rings. The fourth-order valence-electron chi connectivity index (χ4n) is 4.24. The summed E-state index contributed by atoms with van der Waals surface area (Å²) in [5, 5.41) is 2.65. The number of hydrogen-bond acceptors (Lipinski definition) is 3. The largest absolute Gasteiger partial charge is 0.390 e. The highest BCUT2D eigenvalue weighted by Crippen LogP contribution is 2.40. The first-order valence-corrected chi connectivity index (χ1v) is 10.5. The SMILES string of the molecule is CC1=C(C(=O)N[C@H](c2cccc(F)c2)C2CC2=O)c2cc(F)cc(F)c2CN1CCC(F)(F)F. The minimum absolute atomic E-state index is 0.0733. The Hall–Kier alpha value is -3.30. The van der Waals surface area contributed by atoms with Gasteiger partial charge < -0.3 is 10.2 Å². The number of halogens is 6. The van der Waals surface area contributed by atoms with Crippen molar-refractivity contribution in [2.45, 2.75) is 38.5 Å². The number of amides is 1. The third-order valence-electron chi connectivity index (χ3n) is 6.08. The van der Waals surface area contributed by atoms with Gasteiger partial charge >= 0.3 is 6.18 Å². The molecular formula is C24H20F6N2O2. The number of allylic oxidation sites excluding steroid dienone is 1. The van der Waals surface area contributed by atoms with E-state index in [4.69, 9.17) is 0 Å². The molecule has 2 aromatic carbocycles. The molecule has 1 unspecified atom stereocenters. The molecule has 1 heterocycles. The standard InChI is InChI=1S/C24H20F6N2O2/c1-12-21(23(34)31-22(17-10-20(17)33)13-3-2-4-14(25)7-13)16-8-15(26)9-19(27)18(16)11-32(12)6-5-24(28,29)30/h2-4,7-9,17,22H,5-6,10-11H2,1H3,(H,31,34)/t17?,22-/m1/s1. The molecule has 1 fully saturated rings. The van der Waals surface area contributed by atoms with Gasteiger partial charge in [-0.3, -0.25) is 9.59 Å². The Balaban J connectivity index is 1.72. The van der Waals surface area contributed by atoms with Crippen LogP contribution in [0.25, 0.3) is 5.57 Å². The Kier molecular flexibility index (Phi) is 6.18. The highest BCUT2D eigenvalue weighted by Gasteiger charge is 2.44. The van der Waals surface area contributed by atoms with Gasteiger partial charge in [0.2, 0.25) is 0 Å². The summed E-state index contributed by atoms with van der Waals surface area (Å²) < 4.78 is 80.9. The average Bonchev–Trinajstić information content (AvgIpc) is 3.46. The van der Waals surface area contributed by atoms with Crippen molar-refractivity contribution < 1.29 is 35.9 Å². The van der Waals surface area contributed by atoms with E-state index >= 15 is 0 Å². The second-order valence-electron chi connectivity index (χ2n) is 8.44. The predicted octanol–water partition coefficient (Wildman–Crippen LogP) is 5.05. The van der Waals surface area contributed by atoms with Gasteiger partial charge in [-0.1, -0.05) is 12.1 Å². The number of carbonyl (C=O) groups is 2. The van der Waals surface area contributed by atoms with Gasteiger partial charge in [0.1, 0.15) is 23.2 Å². The van der Waals surface area contributed by atoms with E-state index in [1.165, 1.54) is 36.1 Å². The lowest BCUT2D eigenvalue weighted by atomic mass is 9.91. The van der Waals surface area contributed by atoms with Crippen LogP contribution in [0.5, 0.6) is 0 Å². The molecule has 2 atom stereocenters. The number of alkyl halides is 3. The maximum atomic E-state index is 14.6. The van der Waals surface area contributed by atoms with Gasteiger partial charge in [0, 0.05) is 42.8 Å². The topological polar surface area (TPSA) is 49.4 Å². The molecule has 1 N–H and O–H groups in total. The number of fused-ring (bicyclic) bond motifs is 1. The number of carbonyl (C=O) groups excluding carboxylic acids is 2. The summed E-state index contributed by atoms with van der Waals surface area (Å²) in [5.74, 6) is -4.07. The third-order valence-corrected chi connectivity index (χ3v) is 6.08. The second-order valence-corrected chi connectivity index (χ2v) is 8.44. The van der Waals surface area contributed by atoms with Gasteiger partial charge in [0.05, 0.1) is 18.0 Å². The molecule has 180 valence electrons. The smallest absolute Gasteiger partial charge is 0.370 e. The van der Waals surface area contributed by atoms with Crippen LogP contribution >= 0.6 is 0 Å². The van der Waals surface area contributed by atoms with Crippen LogP contribution < -0.4 is 5.32 Å². The fraction of sp³-hybridized carbons (Fsp3) is 0.333. The van der Waals surface area contributed by atoms with Crippen LogP contribution in [-0.2, 0) is 16.1 Å². The van der Waals surface area contributed by atoms with E-state index in [-0.39, 0.29) is 41.1 Å². The normalized spacial score (nSPS) is 18.6. The van der Waals surface area contributed by atoms with Gasteiger partial charge in [-0.15, -0.1) is 0 Å².